The van der Waals surface area contributed by atoms with E-state index < -0.39 is 30.5 Å². The molecular formula is C47H68FNO10. The maximum absolute atomic E-state index is 15.1. The maximum atomic E-state index is 15.1. The van der Waals surface area contributed by atoms with E-state index in [0.29, 0.717) is 43.7 Å². The van der Waals surface area contributed by atoms with Gasteiger partial charge in [-0.05, 0) is 132 Å². The van der Waals surface area contributed by atoms with Crippen molar-refractivity contribution < 1.29 is 51.9 Å². The van der Waals surface area contributed by atoms with E-state index in [4.69, 9.17) is 37.9 Å². The van der Waals surface area contributed by atoms with Crippen LogP contribution in [0.2, 0.25) is 0 Å². The highest BCUT2D eigenvalue weighted by molar-refractivity contribution is 5.99. The van der Waals surface area contributed by atoms with Gasteiger partial charge in [-0.3, -0.25) is 9.59 Å². The van der Waals surface area contributed by atoms with E-state index in [2.05, 4.69) is 38.1 Å². The van der Waals surface area contributed by atoms with E-state index in [-0.39, 0.29) is 90.4 Å². The molecule has 12 heteroatoms. The molecule has 0 amide bonds. The van der Waals surface area contributed by atoms with Crippen LogP contribution in [0.5, 0.6) is 0 Å². The number of likely N-dealkylation sites (N-methyl/N-ethyl adjacent to an activating group) is 1. The number of ether oxygens (including phenoxy) is 8. The Labute approximate surface area is 350 Å². The van der Waals surface area contributed by atoms with Gasteiger partial charge in [-0.2, -0.15) is 0 Å². The van der Waals surface area contributed by atoms with Crippen molar-refractivity contribution in [2.75, 3.05) is 35.4 Å². The monoisotopic (exact) mass is 825 g/mol. The number of benzene rings is 1. The zero-order valence-electron chi connectivity index (χ0n) is 36.6. The lowest BCUT2D eigenvalue weighted by molar-refractivity contribution is -0.314. The van der Waals surface area contributed by atoms with E-state index in [1.807, 2.05) is 26.8 Å². The fourth-order valence-corrected chi connectivity index (χ4v) is 11.5. The van der Waals surface area contributed by atoms with Crippen LogP contribution in [-0.4, -0.2) is 120 Å². The number of carbonyl (C=O) groups excluding carboxylic acids is 2. The number of fused-ring (bicyclic) bond motifs is 5. The maximum Gasteiger partial charge on any atom is 0.306 e. The van der Waals surface area contributed by atoms with Gasteiger partial charge in [0.25, 0.3) is 0 Å². The molecule has 3 heterocycles. The van der Waals surface area contributed by atoms with Gasteiger partial charge in [-0.15, -0.1) is 0 Å². The fourth-order valence-electron chi connectivity index (χ4n) is 11.5. The average molecular weight is 826 g/mol. The first-order valence-corrected chi connectivity index (χ1v) is 22.1. The number of Topliss-reactive ketones (excluding diaryl/α,β-unsaturated/α-hetero) is 1. The molecule has 3 aliphatic heterocycles. The number of hydrogen-bond donors (Lipinski definition) is 0. The summed E-state index contributed by atoms with van der Waals surface area (Å²) in [5.41, 5.74) is 2.39. The van der Waals surface area contributed by atoms with Crippen molar-refractivity contribution in [1.82, 2.24) is 4.90 Å². The molecule has 0 radical (unpaired) electrons. The van der Waals surface area contributed by atoms with Gasteiger partial charge >= 0.3 is 5.97 Å². The fraction of sp³-hybridized carbons (Fsp3) is 0.745. The molecule has 1 saturated carbocycles. The van der Waals surface area contributed by atoms with Gasteiger partial charge in [0.15, 0.2) is 18.4 Å². The Morgan fingerprint density at radius 1 is 0.847 bits per heavy atom. The molecular weight excluding hydrogens is 758 g/mol. The number of methoxy groups -OCH3 is 3. The molecule has 1 aromatic carbocycles. The van der Waals surface area contributed by atoms with Crippen LogP contribution >= 0.6 is 0 Å². The minimum Gasteiger partial charge on any atom is -0.462 e. The van der Waals surface area contributed by atoms with Crippen molar-refractivity contribution >= 4 is 17.3 Å². The van der Waals surface area contributed by atoms with Gasteiger partial charge in [0.1, 0.15) is 30.2 Å². The lowest BCUT2D eigenvalue weighted by atomic mass is 9.65. The number of halogens is 1. The molecule has 328 valence electrons. The van der Waals surface area contributed by atoms with Crippen LogP contribution in [0.25, 0.3) is 5.57 Å². The SMILES string of the molecule is CC[C@H]1CCC[C@H](O[C@H]2CC[C@H](N(C)C)C(C)O2)[C@@H](C)C(=O)C2=C[C@@H]3C(C(c4cccc(F)c4)=CC4C[C@@H](OC5OC(C)C(OC)C(OC)C5OC)C[C@H]43)[C@@H]2CC(=O)O1. The summed E-state index contributed by atoms with van der Waals surface area (Å²) in [7, 11) is 9.06. The Morgan fingerprint density at radius 3 is 2.29 bits per heavy atom. The molecule has 1 aromatic rings. The summed E-state index contributed by atoms with van der Waals surface area (Å²) in [4.78, 5) is 31.2. The number of cyclic esters (lactones) is 1. The van der Waals surface area contributed by atoms with Gasteiger partial charge in [0.05, 0.1) is 30.8 Å². The van der Waals surface area contributed by atoms with Crippen LogP contribution in [0.3, 0.4) is 0 Å². The highest BCUT2D eigenvalue weighted by Gasteiger charge is 2.54. The third-order valence-corrected chi connectivity index (χ3v) is 14.5. The second-order valence-corrected chi connectivity index (χ2v) is 18.2. The molecule has 7 rings (SSSR count). The number of ketones is 1. The summed E-state index contributed by atoms with van der Waals surface area (Å²) >= 11 is 0. The molecule has 0 N–H and O–H groups in total. The van der Waals surface area contributed by atoms with E-state index in [9.17, 15) is 4.79 Å². The van der Waals surface area contributed by atoms with Crippen LogP contribution in [0, 0.1) is 41.3 Å². The number of carbonyl (C=O) groups is 2. The van der Waals surface area contributed by atoms with E-state index >= 15 is 9.18 Å². The molecule has 6 aliphatic rings. The highest BCUT2D eigenvalue weighted by Crippen LogP contribution is 2.58. The first kappa shape index (κ1) is 44.5. The van der Waals surface area contributed by atoms with Crippen molar-refractivity contribution in [3.63, 3.8) is 0 Å². The van der Waals surface area contributed by atoms with Gasteiger partial charge in [0.2, 0.25) is 0 Å². The third-order valence-electron chi connectivity index (χ3n) is 14.5. The second kappa shape index (κ2) is 19.2. The first-order chi connectivity index (χ1) is 28.3. The standard InChI is InChI=1S/C47H68FNO10/c1-10-31-15-12-16-39(59-41-18-17-38(49(5)6)26(3)55-41)25(2)43(51)37-23-35-33-22-32(58-47-46(54-9)45(53-8)44(52-7)27(4)56-47)20-29(33)21-34(28-13-11-14-30(48)19-28)42(35)36(37)24-40(50)57-31/h11,13-14,19,21,23,25-27,29,31-33,35-36,38-39,41-42,44-47H,10,12,15-18,20,22,24H2,1-9H3/t25-,26?,27?,29?,31+,32-,33-,35+,36-,38+,39+,41+,42?,44?,45?,46?,47?/m1/s1. The van der Waals surface area contributed by atoms with Crippen LogP contribution < -0.4 is 0 Å². The zero-order valence-corrected chi connectivity index (χ0v) is 36.6. The summed E-state index contributed by atoms with van der Waals surface area (Å²) in [6.45, 7) is 8.06. The first-order valence-electron chi connectivity index (χ1n) is 22.1. The Hall–Kier alpha value is -2.55. The Bertz CT molecular complexity index is 1680. The van der Waals surface area contributed by atoms with Crippen molar-refractivity contribution in [2.24, 2.45) is 35.5 Å². The molecule has 8 unspecified atom stereocenters. The van der Waals surface area contributed by atoms with Crippen molar-refractivity contribution in [3.8, 4) is 0 Å². The predicted octanol–water partition coefficient (Wildman–Crippen LogP) is 7.15. The molecule has 0 bridgehead atoms. The van der Waals surface area contributed by atoms with Gasteiger partial charge in [-0.1, -0.05) is 38.1 Å². The summed E-state index contributed by atoms with van der Waals surface area (Å²) in [5.74, 6) is -1.68. The van der Waals surface area contributed by atoms with Crippen LogP contribution in [0.4, 0.5) is 4.39 Å². The Morgan fingerprint density at radius 2 is 1.61 bits per heavy atom. The molecule has 17 atom stereocenters. The summed E-state index contributed by atoms with van der Waals surface area (Å²) < 4.78 is 65.1. The van der Waals surface area contributed by atoms with E-state index in [1.54, 1.807) is 33.5 Å². The molecule has 3 aliphatic carbocycles. The van der Waals surface area contributed by atoms with Gasteiger partial charge in [0, 0.05) is 39.2 Å². The van der Waals surface area contributed by atoms with Crippen LogP contribution in [0.1, 0.15) is 91.0 Å². The van der Waals surface area contributed by atoms with Gasteiger partial charge in [-0.25, -0.2) is 4.39 Å². The van der Waals surface area contributed by atoms with Crippen molar-refractivity contribution in [1.29, 1.82) is 0 Å². The number of esters is 1. The van der Waals surface area contributed by atoms with Crippen LogP contribution in [0.15, 0.2) is 42.0 Å². The van der Waals surface area contributed by atoms with E-state index in [1.165, 1.54) is 6.07 Å². The smallest absolute Gasteiger partial charge is 0.306 e. The lowest BCUT2D eigenvalue weighted by Crippen LogP contribution is -2.59. The molecule has 4 fully saturated rings. The Balaban J connectivity index is 1.21. The predicted molar refractivity (Wildman–Crippen MR) is 219 cm³/mol. The quantitative estimate of drug-likeness (QED) is 0.224. The summed E-state index contributed by atoms with van der Waals surface area (Å²) in [6.07, 6.45) is 7.03. The normalized spacial score (nSPS) is 41.8. The minimum atomic E-state index is -0.679. The highest BCUT2D eigenvalue weighted by atomic mass is 19.1. The van der Waals surface area contributed by atoms with Gasteiger partial charge < -0.3 is 42.8 Å². The van der Waals surface area contributed by atoms with Crippen molar-refractivity contribution in [3.05, 3.63) is 53.4 Å². The number of nitrogens with zero attached hydrogens (tertiary/aromatic N) is 1. The summed E-state index contributed by atoms with van der Waals surface area (Å²) in [6, 6.07) is 6.99. The topological polar surface area (TPSA) is 111 Å². The van der Waals surface area contributed by atoms with E-state index in [0.717, 1.165) is 30.4 Å². The molecule has 59 heavy (non-hydrogen) atoms. The molecule has 3 saturated heterocycles. The number of hydrogen-bond acceptors (Lipinski definition) is 11. The molecule has 11 nitrogen and oxygen atoms in total. The van der Waals surface area contributed by atoms with Crippen LogP contribution in [-0.2, 0) is 47.5 Å². The summed E-state index contributed by atoms with van der Waals surface area (Å²) in [5, 5.41) is 0. The molecule has 0 spiro atoms. The zero-order chi connectivity index (χ0) is 42.1. The minimum absolute atomic E-state index is 0.00313. The third kappa shape index (κ3) is 9.31. The van der Waals surface area contributed by atoms with Crippen molar-refractivity contribution in [2.45, 2.75) is 153 Å². The Kier molecular flexibility index (Phi) is 14.5. The number of allylic oxidation sites excluding steroid dienone is 4. The molecule has 0 aromatic heterocycles. The average Bonchev–Trinajstić information content (AvgIpc) is 3.79. The number of rotatable bonds is 10. The lowest BCUT2D eigenvalue weighted by Gasteiger charge is -2.44. The second-order valence-electron chi connectivity index (χ2n) is 18.2. The largest absolute Gasteiger partial charge is 0.462 e.